The first-order chi connectivity index (χ1) is 19.3. The Kier molecular flexibility index (Phi) is 7.18. The van der Waals surface area contributed by atoms with Crippen molar-refractivity contribution in [2.75, 3.05) is 16.6 Å². The molecule has 3 heterocycles. The molecule has 6 rings (SSSR count). The number of rotatable bonds is 7. The number of thiazole rings is 1. The molecule has 0 bridgehead atoms. The van der Waals surface area contributed by atoms with Gasteiger partial charge in [0.05, 0.1) is 15.1 Å². The van der Waals surface area contributed by atoms with Gasteiger partial charge in [-0.25, -0.2) is 13.4 Å². The van der Waals surface area contributed by atoms with Crippen LogP contribution in [-0.2, 0) is 23.0 Å². The molecule has 0 unspecified atom stereocenters. The minimum Gasteiger partial charge on any atom is -0.313 e. The Morgan fingerprint density at radius 2 is 1.68 bits per heavy atom. The van der Waals surface area contributed by atoms with Gasteiger partial charge in [-0.2, -0.15) is 0 Å². The average molecular weight is 589 g/mol. The third-order valence-corrected chi connectivity index (χ3v) is 10.6. The maximum atomic E-state index is 13.4. The van der Waals surface area contributed by atoms with Crippen LogP contribution < -0.4 is 10.0 Å². The van der Waals surface area contributed by atoms with Crippen molar-refractivity contribution in [1.82, 2.24) is 9.88 Å². The lowest BCUT2D eigenvalue weighted by Gasteiger charge is -2.30. The fourth-order valence-electron chi connectivity index (χ4n) is 4.84. The predicted molar refractivity (Wildman–Crippen MR) is 164 cm³/mol. The molecule has 5 aromatic rings. The third-order valence-electron chi connectivity index (χ3n) is 7.00. The highest BCUT2D eigenvalue weighted by atomic mass is 32.2. The Bertz CT molecular complexity index is 1760. The maximum absolute atomic E-state index is 13.4. The predicted octanol–water partition coefficient (Wildman–Crippen LogP) is 6.84. The zero-order chi connectivity index (χ0) is 27.9. The number of fused-ring (bicyclic) bond motifs is 2. The third kappa shape index (κ3) is 5.27. The second kappa shape index (κ2) is 10.8. The van der Waals surface area contributed by atoms with Gasteiger partial charge in [0.15, 0.2) is 0 Å². The maximum Gasteiger partial charge on any atom is 0.261 e. The zero-order valence-corrected chi connectivity index (χ0v) is 24.5. The topological polar surface area (TPSA) is 91.4 Å². The van der Waals surface area contributed by atoms with Crippen molar-refractivity contribution in [2.24, 2.45) is 0 Å². The van der Waals surface area contributed by atoms with Crippen molar-refractivity contribution >= 4 is 59.5 Å². The Morgan fingerprint density at radius 3 is 2.40 bits per heavy atom. The van der Waals surface area contributed by atoms with E-state index in [0.29, 0.717) is 17.3 Å². The molecular formula is C30H28N4O3S3. The number of thiophene rings is 1. The van der Waals surface area contributed by atoms with Crippen LogP contribution in [-0.4, -0.2) is 36.8 Å². The molecule has 0 aliphatic carbocycles. The van der Waals surface area contributed by atoms with Crippen molar-refractivity contribution in [3.05, 3.63) is 94.9 Å². The minimum absolute atomic E-state index is 0.178. The lowest BCUT2D eigenvalue weighted by Crippen LogP contribution is -2.35. The fraction of sp³-hybridized carbons (Fsp3) is 0.200. The Morgan fingerprint density at radius 1 is 0.950 bits per heavy atom. The van der Waals surface area contributed by atoms with E-state index >= 15 is 0 Å². The first-order valence-corrected chi connectivity index (χ1v) is 16.1. The summed E-state index contributed by atoms with van der Waals surface area (Å²) in [6, 6.07) is 23.2. The lowest BCUT2D eigenvalue weighted by atomic mass is 10.0. The highest BCUT2D eigenvalue weighted by Crippen LogP contribution is 2.46. The summed E-state index contributed by atoms with van der Waals surface area (Å²) in [5, 5.41) is 4.87. The van der Waals surface area contributed by atoms with E-state index < -0.39 is 10.0 Å². The number of aromatic nitrogens is 1. The van der Waals surface area contributed by atoms with Gasteiger partial charge in [0.1, 0.15) is 10.0 Å². The van der Waals surface area contributed by atoms with Gasteiger partial charge in [0.2, 0.25) is 0 Å². The number of sulfonamides is 1. The van der Waals surface area contributed by atoms with E-state index in [9.17, 15) is 13.2 Å². The summed E-state index contributed by atoms with van der Waals surface area (Å²) in [4.78, 5) is 22.2. The summed E-state index contributed by atoms with van der Waals surface area (Å²) >= 11 is 3.26. The molecule has 0 radical (unpaired) electrons. The van der Waals surface area contributed by atoms with Crippen LogP contribution in [0.3, 0.4) is 0 Å². The van der Waals surface area contributed by atoms with Crippen LogP contribution in [0.1, 0.15) is 34.6 Å². The molecule has 1 amide bonds. The van der Waals surface area contributed by atoms with E-state index in [4.69, 9.17) is 4.98 Å². The van der Waals surface area contributed by atoms with Crippen molar-refractivity contribution in [3.63, 3.8) is 0 Å². The van der Waals surface area contributed by atoms with Gasteiger partial charge >= 0.3 is 0 Å². The molecule has 1 aliphatic heterocycles. The number of para-hydroxylation sites is 1. The molecule has 0 atom stereocenters. The van der Waals surface area contributed by atoms with Crippen LogP contribution in [0.2, 0.25) is 0 Å². The molecule has 1 aliphatic rings. The SMILES string of the molecule is CC(C)N1CCc2c(sc(NC(=O)c3ccc(NS(=O)(=O)c4ccccc4)cc3)c2-c2nc3ccccc3s2)C1. The molecule has 10 heteroatoms. The standard InChI is InChI=1S/C30H28N4O3S3/c1-19(2)34-17-16-23-26(18-34)39-30(27(23)29-31-24-10-6-7-11-25(24)38-29)32-28(35)20-12-14-21(15-13-20)33-40(36,37)22-8-4-3-5-9-22/h3-15,19,33H,16-18H2,1-2H3,(H,32,35). The van der Waals surface area contributed by atoms with Crippen LogP contribution in [0.25, 0.3) is 20.8 Å². The summed E-state index contributed by atoms with van der Waals surface area (Å²) in [7, 11) is -3.71. The Hall–Kier alpha value is -3.57. The number of hydrogen-bond acceptors (Lipinski definition) is 7. The molecule has 2 N–H and O–H groups in total. The molecule has 2 aromatic heterocycles. The number of carbonyl (C=O) groups excluding carboxylic acids is 1. The summed E-state index contributed by atoms with van der Waals surface area (Å²) in [6.45, 7) is 6.23. The average Bonchev–Trinajstić information content (AvgIpc) is 3.53. The number of nitrogens with one attached hydrogen (secondary N) is 2. The number of benzene rings is 3. The Balaban J connectivity index is 1.28. The van der Waals surface area contributed by atoms with Crippen molar-refractivity contribution < 1.29 is 13.2 Å². The lowest BCUT2D eigenvalue weighted by molar-refractivity contribution is 0.102. The largest absolute Gasteiger partial charge is 0.313 e. The summed E-state index contributed by atoms with van der Waals surface area (Å²) in [5.41, 5.74) is 4.06. The quantitative estimate of drug-likeness (QED) is 0.217. The van der Waals surface area contributed by atoms with Crippen LogP contribution in [0.5, 0.6) is 0 Å². The van der Waals surface area contributed by atoms with E-state index in [1.807, 2.05) is 18.2 Å². The van der Waals surface area contributed by atoms with Gasteiger partial charge < -0.3 is 5.32 Å². The first kappa shape index (κ1) is 26.6. The normalized spacial score (nSPS) is 13.9. The molecule has 0 saturated carbocycles. The summed E-state index contributed by atoms with van der Waals surface area (Å²) < 4.78 is 29.0. The fourth-order valence-corrected chi connectivity index (χ4v) is 8.29. The molecule has 0 saturated heterocycles. The van der Waals surface area contributed by atoms with E-state index in [1.165, 1.54) is 22.6 Å². The first-order valence-electron chi connectivity index (χ1n) is 13.0. The summed E-state index contributed by atoms with van der Waals surface area (Å²) in [6.07, 6.45) is 0.904. The Labute approximate surface area is 241 Å². The van der Waals surface area contributed by atoms with Gasteiger partial charge in [0.25, 0.3) is 15.9 Å². The summed E-state index contributed by atoms with van der Waals surface area (Å²) in [5.74, 6) is -0.251. The van der Waals surface area contributed by atoms with E-state index in [0.717, 1.165) is 45.3 Å². The van der Waals surface area contributed by atoms with Gasteiger partial charge in [-0.15, -0.1) is 22.7 Å². The van der Waals surface area contributed by atoms with Crippen LogP contribution in [0.4, 0.5) is 10.7 Å². The molecule has 0 fully saturated rings. The van der Waals surface area contributed by atoms with Crippen molar-refractivity contribution in [1.29, 1.82) is 0 Å². The van der Waals surface area contributed by atoms with E-state index in [1.54, 1.807) is 65.1 Å². The van der Waals surface area contributed by atoms with Gasteiger partial charge in [-0.05, 0) is 74.4 Å². The number of nitrogens with zero attached hydrogens (tertiary/aromatic N) is 2. The molecule has 40 heavy (non-hydrogen) atoms. The molecular weight excluding hydrogens is 561 g/mol. The molecule has 7 nitrogen and oxygen atoms in total. The van der Waals surface area contributed by atoms with Crippen LogP contribution >= 0.6 is 22.7 Å². The minimum atomic E-state index is -3.71. The van der Waals surface area contributed by atoms with Crippen LogP contribution in [0.15, 0.2) is 83.8 Å². The molecule has 204 valence electrons. The number of carbonyl (C=O) groups is 1. The van der Waals surface area contributed by atoms with Gasteiger partial charge in [-0.1, -0.05) is 30.3 Å². The molecule has 0 spiro atoms. The highest BCUT2D eigenvalue weighted by Gasteiger charge is 2.28. The number of anilines is 2. The monoisotopic (exact) mass is 588 g/mol. The van der Waals surface area contributed by atoms with Crippen molar-refractivity contribution in [3.8, 4) is 10.6 Å². The smallest absolute Gasteiger partial charge is 0.261 e. The molecule has 3 aromatic carbocycles. The van der Waals surface area contributed by atoms with E-state index in [-0.39, 0.29) is 10.8 Å². The number of hydrogen-bond donors (Lipinski definition) is 2. The van der Waals surface area contributed by atoms with Gasteiger partial charge in [0, 0.05) is 40.8 Å². The number of amides is 1. The van der Waals surface area contributed by atoms with Crippen molar-refractivity contribution in [2.45, 2.75) is 37.8 Å². The zero-order valence-electron chi connectivity index (χ0n) is 22.0. The highest BCUT2D eigenvalue weighted by molar-refractivity contribution is 7.92. The second-order valence-corrected chi connectivity index (χ2v) is 13.8. The second-order valence-electron chi connectivity index (χ2n) is 9.96. The van der Waals surface area contributed by atoms with Gasteiger partial charge in [-0.3, -0.25) is 14.4 Å². The van der Waals surface area contributed by atoms with Crippen LogP contribution in [0, 0.1) is 0 Å². The van der Waals surface area contributed by atoms with E-state index in [2.05, 4.69) is 34.9 Å².